The Hall–Kier alpha value is -1.51. The summed E-state index contributed by atoms with van der Waals surface area (Å²) >= 11 is 0. The average Bonchev–Trinajstić information content (AvgIpc) is 2.66. The van der Waals surface area contributed by atoms with Crippen molar-refractivity contribution in [2.24, 2.45) is 11.8 Å². The molecule has 1 aliphatic heterocycles. The van der Waals surface area contributed by atoms with Crippen LogP contribution in [-0.4, -0.2) is 57.4 Å². The van der Waals surface area contributed by atoms with Crippen LogP contribution < -0.4 is 10.2 Å². The molecule has 2 fully saturated rings. The number of rotatable bonds is 5. The minimum Gasteiger partial charge on any atom is -0.348 e. The lowest BCUT2D eigenvalue weighted by molar-refractivity contribution is -0.895. The zero-order valence-corrected chi connectivity index (χ0v) is 17.5. The molecule has 2 N–H and O–H groups in total. The van der Waals surface area contributed by atoms with Crippen LogP contribution in [0.5, 0.6) is 0 Å². The Balaban J connectivity index is 1.51. The van der Waals surface area contributed by atoms with Gasteiger partial charge in [0.2, 0.25) is 10.0 Å². The molecule has 3 atom stereocenters. The molecule has 28 heavy (non-hydrogen) atoms. The molecule has 0 aromatic heterocycles. The van der Waals surface area contributed by atoms with Gasteiger partial charge in [0.1, 0.15) is 10.7 Å². The van der Waals surface area contributed by atoms with Gasteiger partial charge in [0.05, 0.1) is 26.2 Å². The molecule has 2 aliphatic rings. The summed E-state index contributed by atoms with van der Waals surface area (Å²) in [6, 6.07) is 5.69. The van der Waals surface area contributed by atoms with E-state index in [9.17, 15) is 17.6 Å². The zero-order chi connectivity index (χ0) is 20.3. The van der Waals surface area contributed by atoms with Crippen LogP contribution >= 0.6 is 0 Å². The van der Waals surface area contributed by atoms with Crippen LogP contribution in [-0.2, 0) is 14.8 Å². The van der Waals surface area contributed by atoms with Crippen molar-refractivity contribution in [1.82, 2.24) is 9.62 Å². The highest BCUT2D eigenvalue weighted by Crippen LogP contribution is 2.29. The van der Waals surface area contributed by atoms with E-state index in [1.54, 1.807) is 0 Å². The van der Waals surface area contributed by atoms with E-state index in [0.717, 1.165) is 23.8 Å². The van der Waals surface area contributed by atoms with Gasteiger partial charge in [-0.15, -0.1) is 0 Å². The molecule has 6 nitrogen and oxygen atoms in total. The number of sulfonamides is 1. The van der Waals surface area contributed by atoms with Gasteiger partial charge in [-0.3, -0.25) is 4.79 Å². The Labute approximate surface area is 167 Å². The van der Waals surface area contributed by atoms with Gasteiger partial charge >= 0.3 is 0 Å². The van der Waals surface area contributed by atoms with E-state index in [1.807, 2.05) is 0 Å². The lowest BCUT2D eigenvalue weighted by Gasteiger charge is -2.35. The van der Waals surface area contributed by atoms with Crippen LogP contribution in [0.1, 0.15) is 33.1 Å². The van der Waals surface area contributed by atoms with E-state index in [-0.39, 0.29) is 29.9 Å². The van der Waals surface area contributed by atoms with Gasteiger partial charge in [0.25, 0.3) is 5.91 Å². The monoisotopic (exact) mass is 412 g/mol. The zero-order valence-electron chi connectivity index (χ0n) is 16.7. The lowest BCUT2D eigenvalue weighted by Crippen LogP contribution is -3.15. The molecule has 1 aromatic carbocycles. The number of benzene rings is 1. The average molecular weight is 413 g/mol. The van der Waals surface area contributed by atoms with Crippen molar-refractivity contribution in [2.45, 2.75) is 44.0 Å². The highest BCUT2D eigenvalue weighted by Gasteiger charge is 2.33. The summed E-state index contributed by atoms with van der Waals surface area (Å²) in [6.07, 6.45) is 3.40. The van der Waals surface area contributed by atoms with E-state index in [1.165, 1.54) is 28.9 Å². The number of piperazine rings is 1. The summed E-state index contributed by atoms with van der Waals surface area (Å²) in [6.45, 7) is 6.45. The van der Waals surface area contributed by atoms with Crippen LogP contribution in [0.15, 0.2) is 29.2 Å². The molecule has 1 saturated carbocycles. The first kappa shape index (κ1) is 21.2. The van der Waals surface area contributed by atoms with Crippen molar-refractivity contribution in [3.8, 4) is 0 Å². The smallest absolute Gasteiger partial charge is 0.275 e. The number of nitrogens with zero attached hydrogens (tertiary/aromatic N) is 1. The van der Waals surface area contributed by atoms with Gasteiger partial charge in [0.15, 0.2) is 6.54 Å². The Morgan fingerprint density at radius 2 is 1.89 bits per heavy atom. The second-order valence-corrected chi connectivity index (χ2v) is 10.1. The van der Waals surface area contributed by atoms with Gasteiger partial charge in [-0.1, -0.05) is 38.8 Å². The fourth-order valence-corrected chi connectivity index (χ4v) is 5.79. The molecule has 1 heterocycles. The number of amides is 1. The second kappa shape index (κ2) is 8.88. The molecular formula is C20H31FN3O3S+. The summed E-state index contributed by atoms with van der Waals surface area (Å²) in [4.78, 5) is 13.2. The van der Waals surface area contributed by atoms with E-state index >= 15 is 0 Å². The number of hydrogen-bond donors (Lipinski definition) is 2. The number of quaternary nitrogens is 1. The molecule has 1 aliphatic carbocycles. The Kier molecular flexibility index (Phi) is 6.73. The molecule has 8 heteroatoms. The Morgan fingerprint density at radius 1 is 1.21 bits per heavy atom. The van der Waals surface area contributed by atoms with Crippen LogP contribution in [0.3, 0.4) is 0 Å². The largest absolute Gasteiger partial charge is 0.348 e. The van der Waals surface area contributed by atoms with Gasteiger partial charge in [-0.2, -0.15) is 4.31 Å². The van der Waals surface area contributed by atoms with Gasteiger partial charge < -0.3 is 10.2 Å². The molecule has 0 spiro atoms. The molecule has 1 aromatic rings. The van der Waals surface area contributed by atoms with E-state index < -0.39 is 15.8 Å². The summed E-state index contributed by atoms with van der Waals surface area (Å²) in [7, 11) is -3.84. The maximum atomic E-state index is 13.9. The summed E-state index contributed by atoms with van der Waals surface area (Å²) in [5, 5.41) is 3.18. The Morgan fingerprint density at radius 3 is 2.57 bits per heavy atom. The first-order valence-electron chi connectivity index (χ1n) is 10.2. The predicted molar refractivity (Wildman–Crippen MR) is 105 cm³/mol. The molecule has 1 amide bonds. The van der Waals surface area contributed by atoms with Gasteiger partial charge in [-0.25, -0.2) is 12.8 Å². The highest BCUT2D eigenvalue weighted by atomic mass is 32.2. The van der Waals surface area contributed by atoms with Crippen LogP contribution in [0.4, 0.5) is 4.39 Å². The summed E-state index contributed by atoms with van der Waals surface area (Å²) in [5.41, 5.74) is 0. The standard InChI is InChI=1S/C20H30FN3O3S/c1-15-6-5-8-18(16(15)2)22-20(25)14-23-10-12-24(13-11-23)28(26,27)19-9-4-3-7-17(19)21/h3-4,7,9,15-16,18H,5-6,8,10-14H2,1-2H3,(H,22,25)/p+1/t15-,16+,18-/m0/s1. The third-order valence-electron chi connectivity index (χ3n) is 6.35. The third-order valence-corrected chi connectivity index (χ3v) is 8.28. The van der Waals surface area contributed by atoms with Crippen molar-refractivity contribution in [3.63, 3.8) is 0 Å². The highest BCUT2D eigenvalue weighted by molar-refractivity contribution is 7.89. The fourth-order valence-electron chi connectivity index (χ4n) is 4.28. The molecule has 0 radical (unpaired) electrons. The van der Waals surface area contributed by atoms with E-state index in [2.05, 4.69) is 19.2 Å². The SMILES string of the molecule is C[C@H]1[C@@H](NC(=O)C[NH+]2CCN(S(=O)(=O)c3ccccc3F)CC2)CCC[C@@H]1C. The number of halogens is 1. The number of carbonyl (C=O) groups excluding carboxylic acids is 1. The molecule has 0 bridgehead atoms. The van der Waals surface area contributed by atoms with Gasteiger partial charge in [0, 0.05) is 6.04 Å². The molecular weight excluding hydrogens is 381 g/mol. The Bertz CT molecular complexity index is 794. The van der Waals surface area contributed by atoms with Crippen molar-refractivity contribution in [3.05, 3.63) is 30.1 Å². The van der Waals surface area contributed by atoms with Crippen molar-refractivity contribution >= 4 is 15.9 Å². The van der Waals surface area contributed by atoms with Crippen LogP contribution in [0, 0.1) is 17.7 Å². The fraction of sp³-hybridized carbons (Fsp3) is 0.650. The minimum atomic E-state index is -3.84. The minimum absolute atomic E-state index is 0.0337. The molecule has 156 valence electrons. The van der Waals surface area contributed by atoms with E-state index in [4.69, 9.17) is 0 Å². The van der Waals surface area contributed by atoms with E-state index in [0.29, 0.717) is 31.5 Å². The van der Waals surface area contributed by atoms with Crippen LogP contribution in [0.25, 0.3) is 0 Å². The van der Waals surface area contributed by atoms with Gasteiger partial charge in [-0.05, 0) is 30.4 Å². The quantitative estimate of drug-likeness (QED) is 0.746. The first-order valence-corrected chi connectivity index (χ1v) is 11.6. The maximum absolute atomic E-state index is 13.9. The predicted octanol–water partition coefficient (Wildman–Crippen LogP) is 0.656. The topological polar surface area (TPSA) is 70.9 Å². The molecule has 1 saturated heterocycles. The first-order chi connectivity index (χ1) is 13.3. The normalized spacial score (nSPS) is 27.5. The number of hydrogen-bond acceptors (Lipinski definition) is 3. The summed E-state index contributed by atoms with van der Waals surface area (Å²) in [5.74, 6) is 0.410. The van der Waals surface area contributed by atoms with Crippen LogP contribution in [0.2, 0.25) is 0 Å². The van der Waals surface area contributed by atoms with Crippen molar-refractivity contribution in [2.75, 3.05) is 32.7 Å². The molecule has 0 unspecified atom stereocenters. The van der Waals surface area contributed by atoms with Crippen molar-refractivity contribution in [1.29, 1.82) is 0 Å². The lowest BCUT2D eigenvalue weighted by atomic mass is 9.78. The number of nitrogens with one attached hydrogen (secondary N) is 2. The third kappa shape index (κ3) is 4.72. The van der Waals surface area contributed by atoms with Crippen molar-refractivity contribution < 1.29 is 22.5 Å². The maximum Gasteiger partial charge on any atom is 0.275 e. The second-order valence-electron chi connectivity index (χ2n) is 8.20. The number of carbonyl (C=O) groups is 1. The summed E-state index contributed by atoms with van der Waals surface area (Å²) < 4.78 is 40.6. The molecule has 3 rings (SSSR count).